The van der Waals surface area contributed by atoms with Gasteiger partial charge in [0.25, 0.3) is 0 Å². The standard InChI is InChI=1S/C8H14N2O3S3/c1-6(2)10(3)8(11)13-9-7-14-4-16(12)5-15-7/h6H,4-5H2,1-3H3. The van der Waals surface area contributed by atoms with Crippen molar-refractivity contribution in [2.45, 2.75) is 19.9 Å². The van der Waals surface area contributed by atoms with Crippen LogP contribution in [0.25, 0.3) is 0 Å². The summed E-state index contributed by atoms with van der Waals surface area (Å²) in [5.41, 5.74) is 0. The van der Waals surface area contributed by atoms with Crippen LogP contribution in [0.3, 0.4) is 0 Å². The van der Waals surface area contributed by atoms with E-state index in [1.807, 2.05) is 13.8 Å². The fourth-order valence-electron chi connectivity index (χ4n) is 0.712. The van der Waals surface area contributed by atoms with Crippen molar-refractivity contribution in [3.8, 4) is 0 Å². The van der Waals surface area contributed by atoms with Crippen LogP contribution in [-0.2, 0) is 15.6 Å². The molecule has 16 heavy (non-hydrogen) atoms. The van der Waals surface area contributed by atoms with Crippen molar-refractivity contribution >= 4 is 44.8 Å². The van der Waals surface area contributed by atoms with Crippen LogP contribution in [0.4, 0.5) is 4.79 Å². The van der Waals surface area contributed by atoms with E-state index in [4.69, 9.17) is 4.84 Å². The molecule has 1 rings (SSSR count). The molecule has 8 heteroatoms. The summed E-state index contributed by atoms with van der Waals surface area (Å²) in [7, 11) is 0.859. The molecule has 92 valence electrons. The van der Waals surface area contributed by atoms with E-state index in [0.29, 0.717) is 14.5 Å². The number of thioether (sulfide) groups is 2. The molecule has 1 aliphatic heterocycles. The Morgan fingerprint density at radius 2 is 2.06 bits per heavy atom. The Morgan fingerprint density at radius 3 is 2.56 bits per heavy atom. The van der Waals surface area contributed by atoms with Gasteiger partial charge in [0.1, 0.15) is 0 Å². The molecule has 0 unspecified atom stereocenters. The first-order chi connectivity index (χ1) is 7.50. The molecule has 0 radical (unpaired) electrons. The van der Waals surface area contributed by atoms with Gasteiger partial charge in [-0.15, -0.1) is 0 Å². The SMILES string of the molecule is CC(C)N(C)C(=O)ON=C1SCS(=O)CS1. The largest absolute Gasteiger partial charge is 0.435 e. The summed E-state index contributed by atoms with van der Waals surface area (Å²) < 4.78 is 11.7. The number of oxime groups is 1. The lowest BCUT2D eigenvalue weighted by molar-refractivity contribution is 0.106. The maximum atomic E-state index is 11.4. The van der Waals surface area contributed by atoms with Crippen LogP contribution in [0.5, 0.6) is 0 Å². The van der Waals surface area contributed by atoms with E-state index in [1.165, 1.54) is 28.4 Å². The molecular formula is C8H14N2O3S3. The van der Waals surface area contributed by atoms with Crippen molar-refractivity contribution in [2.24, 2.45) is 5.16 Å². The molecule has 1 heterocycles. The number of carbonyl (C=O) groups excluding carboxylic acids is 1. The number of rotatable bonds is 2. The van der Waals surface area contributed by atoms with Crippen LogP contribution in [0.1, 0.15) is 13.8 Å². The molecular weight excluding hydrogens is 268 g/mol. The number of hydrogen-bond donors (Lipinski definition) is 0. The molecule has 1 amide bonds. The van der Waals surface area contributed by atoms with Crippen molar-refractivity contribution in [1.82, 2.24) is 4.90 Å². The minimum Gasteiger partial charge on any atom is -0.307 e. The lowest BCUT2D eigenvalue weighted by atomic mass is 10.4. The summed E-state index contributed by atoms with van der Waals surface area (Å²) in [5.74, 6) is 0. The summed E-state index contributed by atoms with van der Waals surface area (Å²) in [5, 5.41) is 4.77. The highest BCUT2D eigenvalue weighted by molar-refractivity contribution is 8.46. The maximum Gasteiger partial charge on any atom is 0.435 e. The zero-order chi connectivity index (χ0) is 12.1. The first-order valence-electron chi connectivity index (χ1n) is 4.63. The molecule has 0 aromatic carbocycles. The van der Waals surface area contributed by atoms with Crippen molar-refractivity contribution < 1.29 is 13.8 Å². The van der Waals surface area contributed by atoms with Crippen molar-refractivity contribution in [1.29, 1.82) is 0 Å². The summed E-state index contributed by atoms with van der Waals surface area (Å²) in [6, 6.07) is 0.0758. The van der Waals surface area contributed by atoms with Gasteiger partial charge in [-0.3, -0.25) is 9.05 Å². The van der Waals surface area contributed by atoms with E-state index in [1.54, 1.807) is 7.05 Å². The smallest absolute Gasteiger partial charge is 0.307 e. The fourth-order valence-corrected chi connectivity index (χ4v) is 4.83. The van der Waals surface area contributed by atoms with Gasteiger partial charge in [-0.1, -0.05) is 28.7 Å². The van der Waals surface area contributed by atoms with Crippen molar-refractivity contribution in [3.05, 3.63) is 0 Å². The van der Waals surface area contributed by atoms with Gasteiger partial charge in [-0.05, 0) is 13.8 Å². The van der Waals surface area contributed by atoms with Gasteiger partial charge in [-0.25, -0.2) is 4.79 Å². The first-order valence-corrected chi connectivity index (χ1v) is 8.09. The molecule has 5 nitrogen and oxygen atoms in total. The van der Waals surface area contributed by atoms with Gasteiger partial charge in [0.15, 0.2) is 4.38 Å². The van der Waals surface area contributed by atoms with Gasteiger partial charge < -0.3 is 4.90 Å². The number of nitrogens with zero attached hydrogens (tertiary/aromatic N) is 2. The summed E-state index contributed by atoms with van der Waals surface area (Å²) in [6.45, 7) is 3.78. The predicted molar refractivity (Wildman–Crippen MR) is 69.9 cm³/mol. The average molecular weight is 282 g/mol. The van der Waals surface area contributed by atoms with Gasteiger partial charge in [-0.2, -0.15) is 0 Å². The molecule has 1 aliphatic rings. The third-order valence-corrected chi connectivity index (χ3v) is 6.28. The van der Waals surface area contributed by atoms with Gasteiger partial charge >= 0.3 is 6.09 Å². The predicted octanol–water partition coefficient (Wildman–Crippen LogP) is 1.88. The number of carbonyl (C=O) groups is 1. The Labute approximate surface area is 106 Å². The van der Waals surface area contributed by atoms with Crippen LogP contribution in [0, 0.1) is 0 Å². The summed E-state index contributed by atoms with van der Waals surface area (Å²) in [6.07, 6.45) is -0.476. The minimum atomic E-state index is -0.797. The quantitative estimate of drug-likeness (QED) is 0.571. The second-order valence-electron chi connectivity index (χ2n) is 3.38. The van der Waals surface area contributed by atoms with Gasteiger partial charge in [0, 0.05) is 23.9 Å². The third kappa shape index (κ3) is 4.34. The Morgan fingerprint density at radius 1 is 1.50 bits per heavy atom. The zero-order valence-electron chi connectivity index (χ0n) is 9.34. The van der Waals surface area contributed by atoms with E-state index in [2.05, 4.69) is 5.16 Å². The molecule has 1 saturated heterocycles. The van der Waals surface area contributed by atoms with E-state index < -0.39 is 16.9 Å². The Balaban J connectivity index is 2.41. The summed E-state index contributed by atoms with van der Waals surface area (Å²) in [4.78, 5) is 17.6. The van der Waals surface area contributed by atoms with E-state index in [-0.39, 0.29) is 6.04 Å². The van der Waals surface area contributed by atoms with Gasteiger partial charge in [0.05, 0.1) is 10.2 Å². The van der Waals surface area contributed by atoms with E-state index in [0.717, 1.165) is 0 Å². The number of amides is 1. The number of hydrogen-bond acceptors (Lipinski definition) is 6. The monoisotopic (exact) mass is 282 g/mol. The molecule has 0 aliphatic carbocycles. The van der Waals surface area contributed by atoms with Crippen LogP contribution in [0.15, 0.2) is 5.16 Å². The van der Waals surface area contributed by atoms with Crippen molar-refractivity contribution in [3.63, 3.8) is 0 Å². The van der Waals surface area contributed by atoms with Crippen LogP contribution < -0.4 is 0 Å². The van der Waals surface area contributed by atoms with Crippen molar-refractivity contribution in [2.75, 3.05) is 17.2 Å². The highest BCUT2D eigenvalue weighted by Gasteiger charge is 2.17. The molecule has 0 bridgehead atoms. The second kappa shape index (κ2) is 6.51. The molecule has 0 spiro atoms. The maximum absolute atomic E-state index is 11.4. The molecule has 0 atom stereocenters. The van der Waals surface area contributed by atoms with Crippen LogP contribution in [-0.4, -0.2) is 42.8 Å². The topological polar surface area (TPSA) is 59.0 Å². The average Bonchev–Trinajstić information content (AvgIpc) is 2.26. The fraction of sp³-hybridized carbons (Fsp3) is 0.750. The Hall–Kier alpha value is -0.210. The van der Waals surface area contributed by atoms with E-state index >= 15 is 0 Å². The molecule has 0 saturated carbocycles. The van der Waals surface area contributed by atoms with E-state index in [9.17, 15) is 9.00 Å². The lowest BCUT2D eigenvalue weighted by Gasteiger charge is -2.18. The second-order valence-corrected chi connectivity index (χ2v) is 7.76. The molecule has 0 aromatic heterocycles. The highest BCUT2D eigenvalue weighted by Crippen LogP contribution is 2.25. The molecule has 0 aromatic rings. The third-order valence-electron chi connectivity index (χ3n) is 1.89. The van der Waals surface area contributed by atoms with Crippen LogP contribution in [0.2, 0.25) is 0 Å². The van der Waals surface area contributed by atoms with Crippen LogP contribution >= 0.6 is 23.5 Å². The highest BCUT2D eigenvalue weighted by atomic mass is 32.3. The lowest BCUT2D eigenvalue weighted by Crippen LogP contribution is -2.32. The first kappa shape index (κ1) is 13.9. The zero-order valence-corrected chi connectivity index (χ0v) is 11.8. The van der Waals surface area contributed by atoms with Gasteiger partial charge in [0.2, 0.25) is 0 Å². The summed E-state index contributed by atoms with van der Waals surface area (Å²) >= 11 is 2.70. The normalized spacial score (nSPS) is 20.8. The Kier molecular flexibility index (Phi) is 5.63. The Bertz CT molecular complexity index is 308. The minimum absolute atomic E-state index is 0.0758. The molecule has 1 fully saturated rings. The molecule has 0 N–H and O–H groups in total.